The number of nitrogens with zero attached hydrogens (tertiary/aromatic N) is 1. The maximum atomic E-state index is 13.1. The highest BCUT2D eigenvalue weighted by molar-refractivity contribution is 6.15. The number of fused-ring (bicyclic) bond motifs is 1. The average Bonchev–Trinajstić information content (AvgIpc) is 2.97. The van der Waals surface area contributed by atoms with Gasteiger partial charge in [0.05, 0.1) is 11.1 Å². The molecule has 4 heteroatoms. The van der Waals surface area contributed by atoms with E-state index in [1.54, 1.807) is 12.1 Å². The quantitative estimate of drug-likeness (QED) is 0.777. The van der Waals surface area contributed by atoms with Crippen LogP contribution in [0.15, 0.2) is 36.1 Å². The summed E-state index contributed by atoms with van der Waals surface area (Å²) in [6, 6.07) is 9.61. The lowest BCUT2D eigenvalue weighted by atomic mass is 9.97. The Balaban J connectivity index is 1.71. The zero-order valence-electron chi connectivity index (χ0n) is 16.8. The van der Waals surface area contributed by atoms with Crippen molar-refractivity contribution in [3.8, 4) is 11.5 Å². The first-order chi connectivity index (χ1) is 13.4. The third kappa shape index (κ3) is 3.45. The molecule has 0 saturated carbocycles. The Labute approximate surface area is 166 Å². The SMILES string of the molecule is Cc1ccccc1/C=C1/Oc2c(CN3CCCC(C)C3)c(O)cc(C)c2C1=O. The van der Waals surface area contributed by atoms with Gasteiger partial charge >= 0.3 is 0 Å². The number of ether oxygens (including phenoxy) is 1. The molecular weight excluding hydrogens is 350 g/mol. The van der Waals surface area contributed by atoms with Crippen molar-refractivity contribution in [1.82, 2.24) is 4.90 Å². The van der Waals surface area contributed by atoms with Crippen LogP contribution in [-0.2, 0) is 6.54 Å². The van der Waals surface area contributed by atoms with Crippen LogP contribution in [-0.4, -0.2) is 28.9 Å². The van der Waals surface area contributed by atoms with Crippen LogP contribution >= 0.6 is 0 Å². The van der Waals surface area contributed by atoms with Crippen molar-refractivity contribution in [1.29, 1.82) is 0 Å². The summed E-state index contributed by atoms with van der Waals surface area (Å²) in [5, 5.41) is 10.6. The van der Waals surface area contributed by atoms with Crippen LogP contribution in [0.25, 0.3) is 6.08 Å². The second kappa shape index (κ2) is 7.44. The Bertz CT molecular complexity index is 961. The highest BCUT2D eigenvalue weighted by Gasteiger charge is 2.34. The number of phenolic OH excluding ortho intramolecular Hbond substituents is 1. The van der Waals surface area contributed by atoms with Gasteiger partial charge in [-0.15, -0.1) is 0 Å². The second-order valence-electron chi connectivity index (χ2n) is 8.17. The van der Waals surface area contributed by atoms with Crippen molar-refractivity contribution < 1.29 is 14.6 Å². The summed E-state index contributed by atoms with van der Waals surface area (Å²) in [5.74, 6) is 1.60. The Morgan fingerprint density at radius 1 is 1.25 bits per heavy atom. The second-order valence-corrected chi connectivity index (χ2v) is 8.17. The van der Waals surface area contributed by atoms with E-state index in [2.05, 4.69) is 11.8 Å². The van der Waals surface area contributed by atoms with E-state index < -0.39 is 0 Å². The molecule has 1 unspecified atom stereocenters. The molecule has 0 aliphatic carbocycles. The van der Waals surface area contributed by atoms with Crippen molar-refractivity contribution in [2.75, 3.05) is 13.1 Å². The summed E-state index contributed by atoms with van der Waals surface area (Å²) in [6.45, 7) is 8.73. The summed E-state index contributed by atoms with van der Waals surface area (Å²) >= 11 is 0. The molecule has 146 valence electrons. The fraction of sp³-hybridized carbons (Fsp3) is 0.375. The van der Waals surface area contributed by atoms with Crippen LogP contribution in [0.1, 0.15) is 52.4 Å². The van der Waals surface area contributed by atoms with E-state index in [4.69, 9.17) is 4.74 Å². The fourth-order valence-electron chi connectivity index (χ4n) is 4.28. The van der Waals surface area contributed by atoms with E-state index >= 15 is 0 Å². The van der Waals surface area contributed by atoms with E-state index in [-0.39, 0.29) is 11.5 Å². The molecule has 2 aromatic rings. The number of benzene rings is 2. The first-order valence-electron chi connectivity index (χ1n) is 10.0. The van der Waals surface area contributed by atoms with E-state index in [0.29, 0.717) is 29.5 Å². The van der Waals surface area contributed by atoms with Gasteiger partial charge in [0.1, 0.15) is 11.5 Å². The Morgan fingerprint density at radius 3 is 2.79 bits per heavy atom. The molecule has 1 atom stereocenters. The van der Waals surface area contributed by atoms with Gasteiger partial charge in [-0.2, -0.15) is 0 Å². The van der Waals surface area contributed by atoms with E-state index in [0.717, 1.165) is 41.8 Å². The third-order valence-electron chi connectivity index (χ3n) is 5.82. The number of aryl methyl sites for hydroxylation is 2. The van der Waals surface area contributed by atoms with Gasteiger partial charge in [-0.25, -0.2) is 0 Å². The molecule has 0 amide bonds. The van der Waals surface area contributed by atoms with Gasteiger partial charge in [0.15, 0.2) is 5.76 Å². The molecule has 1 saturated heterocycles. The summed E-state index contributed by atoms with van der Waals surface area (Å²) in [4.78, 5) is 15.4. The molecule has 0 spiro atoms. The molecule has 1 fully saturated rings. The summed E-state index contributed by atoms with van der Waals surface area (Å²) in [6.07, 6.45) is 4.21. The van der Waals surface area contributed by atoms with Crippen LogP contribution in [0.2, 0.25) is 0 Å². The predicted molar refractivity (Wildman–Crippen MR) is 111 cm³/mol. The minimum atomic E-state index is -0.107. The van der Waals surface area contributed by atoms with Gasteiger partial charge in [-0.05, 0) is 68.0 Å². The van der Waals surface area contributed by atoms with Crippen molar-refractivity contribution >= 4 is 11.9 Å². The van der Waals surface area contributed by atoms with Gasteiger partial charge < -0.3 is 9.84 Å². The van der Waals surface area contributed by atoms with Crippen LogP contribution in [0, 0.1) is 19.8 Å². The number of allylic oxidation sites excluding steroid dienone is 1. The lowest BCUT2D eigenvalue weighted by Gasteiger charge is -2.31. The zero-order chi connectivity index (χ0) is 19.8. The van der Waals surface area contributed by atoms with Crippen molar-refractivity contribution in [2.24, 2.45) is 5.92 Å². The number of Topliss-reactive ketones (excluding diaryl/α,β-unsaturated/α-hetero) is 1. The molecule has 4 rings (SSSR count). The largest absolute Gasteiger partial charge is 0.507 e. The number of phenols is 1. The maximum absolute atomic E-state index is 13.1. The minimum Gasteiger partial charge on any atom is -0.507 e. The van der Waals surface area contributed by atoms with Crippen LogP contribution in [0.3, 0.4) is 0 Å². The number of carbonyl (C=O) groups is 1. The number of likely N-dealkylation sites (tertiary alicyclic amines) is 1. The first-order valence-corrected chi connectivity index (χ1v) is 10.0. The molecule has 1 N–H and O–H groups in total. The number of ketones is 1. The Morgan fingerprint density at radius 2 is 2.04 bits per heavy atom. The maximum Gasteiger partial charge on any atom is 0.232 e. The summed E-state index contributed by atoms with van der Waals surface area (Å²) in [5.41, 5.74) is 4.10. The molecular formula is C24H27NO3. The van der Waals surface area contributed by atoms with Gasteiger partial charge in [-0.1, -0.05) is 31.2 Å². The number of piperidine rings is 1. The predicted octanol–water partition coefficient (Wildman–Crippen LogP) is 4.86. The van der Waals surface area contributed by atoms with Gasteiger partial charge in [0, 0.05) is 13.1 Å². The minimum absolute atomic E-state index is 0.107. The van der Waals surface area contributed by atoms with Gasteiger partial charge in [0.2, 0.25) is 5.78 Å². The zero-order valence-corrected chi connectivity index (χ0v) is 16.8. The highest BCUT2D eigenvalue weighted by atomic mass is 16.5. The van der Waals surface area contributed by atoms with Crippen LogP contribution in [0.5, 0.6) is 11.5 Å². The fourth-order valence-corrected chi connectivity index (χ4v) is 4.28. The number of hydrogen-bond donors (Lipinski definition) is 1. The topological polar surface area (TPSA) is 49.8 Å². The molecule has 2 aliphatic heterocycles. The lowest BCUT2D eigenvalue weighted by Crippen LogP contribution is -2.33. The van der Waals surface area contributed by atoms with Crippen molar-refractivity contribution in [2.45, 2.75) is 40.2 Å². The van der Waals surface area contributed by atoms with Crippen molar-refractivity contribution in [3.63, 3.8) is 0 Å². The lowest BCUT2D eigenvalue weighted by molar-refractivity contribution is 0.101. The highest BCUT2D eigenvalue weighted by Crippen LogP contribution is 2.42. The van der Waals surface area contributed by atoms with Gasteiger partial charge in [-0.3, -0.25) is 9.69 Å². The normalized spacial score (nSPS) is 21.0. The Kier molecular flexibility index (Phi) is 4.98. The Hall–Kier alpha value is -2.59. The molecule has 2 aromatic carbocycles. The standard InChI is InChI=1S/C24H27NO3/c1-15-7-6-10-25(13-15)14-19-20(26)11-17(3)22-23(27)21(28-24(19)22)12-18-9-5-4-8-16(18)2/h4-5,8-9,11-12,15,26H,6-7,10,13-14H2,1-3H3/b21-12+. The molecule has 4 nitrogen and oxygen atoms in total. The van der Waals surface area contributed by atoms with Gasteiger partial charge in [0.25, 0.3) is 0 Å². The average molecular weight is 377 g/mol. The van der Waals surface area contributed by atoms with Crippen LogP contribution < -0.4 is 4.74 Å². The molecule has 2 heterocycles. The smallest absolute Gasteiger partial charge is 0.232 e. The molecule has 0 bridgehead atoms. The van der Waals surface area contributed by atoms with Crippen LogP contribution in [0.4, 0.5) is 0 Å². The first kappa shape index (κ1) is 18.8. The number of hydrogen-bond acceptors (Lipinski definition) is 4. The molecule has 0 radical (unpaired) electrons. The summed E-state index contributed by atoms with van der Waals surface area (Å²) < 4.78 is 6.06. The molecule has 28 heavy (non-hydrogen) atoms. The number of rotatable bonds is 3. The molecule has 2 aliphatic rings. The van der Waals surface area contributed by atoms with E-state index in [9.17, 15) is 9.90 Å². The van der Waals surface area contributed by atoms with E-state index in [1.807, 2.05) is 38.1 Å². The van der Waals surface area contributed by atoms with E-state index in [1.165, 1.54) is 6.42 Å². The molecule has 0 aromatic heterocycles. The third-order valence-corrected chi connectivity index (χ3v) is 5.82. The van der Waals surface area contributed by atoms with Crippen molar-refractivity contribution in [3.05, 3.63) is 63.9 Å². The monoisotopic (exact) mass is 377 g/mol. The summed E-state index contributed by atoms with van der Waals surface area (Å²) in [7, 11) is 0. The number of aromatic hydroxyl groups is 1. The number of carbonyl (C=O) groups excluding carboxylic acids is 1.